The SMILES string of the molecule is CNC1COCC1C(=O)NC(C)c1nc(C)cs1. The first-order chi connectivity index (χ1) is 8.61. The number of aromatic nitrogens is 1. The van der Waals surface area contributed by atoms with Crippen molar-refractivity contribution in [1.29, 1.82) is 0 Å². The third-order valence-corrected chi connectivity index (χ3v) is 4.30. The molecule has 5 nitrogen and oxygen atoms in total. The molecule has 0 bridgehead atoms. The van der Waals surface area contributed by atoms with Gasteiger partial charge in [-0.2, -0.15) is 0 Å². The highest BCUT2D eigenvalue weighted by Gasteiger charge is 2.33. The fraction of sp³-hybridized carbons (Fsp3) is 0.667. The molecule has 1 aliphatic rings. The lowest BCUT2D eigenvalue weighted by atomic mass is 10.0. The number of nitrogens with zero attached hydrogens (tertiary/aromatic N) is 1. The molecule has 1 aliphatic heterocycles. The molecule has 0 spiro atoms. The Morgan fingerprint density at radius 3 is 3.00 bits per heavy atom. The maximum Gasteiger partial charge on any atom is 0.227 e. The summed E-state index contributed by atoms with van der Waals surface area (Å²) < 4.78 is 5.34. The fourth-order valence-electron chi connectivity index (χ4n) is 2.05. The molecule has 1 aromatic heterocycles. The lowest BCUT2D eigenvalue weighted by Gasteiger charge is -2.19. The van der Waals surface area contributed by atoms with Gasteiger partial charge >= 0.3 is 0 Å². The van der Waals surface area contributed by atoms with Crippen molar-refractivity contribution in [2.24, 2.45) is 5.92 Å². The minimum atomic E-state index is -0.112. The minimum absolute atomic E-state index is 0.0344. The molecule has 2 rings (SSSR count). The molecule has 3 atom stereocenters. The Morgan fingerprint density at radius 2 is 2.39 bits per heavy atom. The zero-order valence-electron chi connectivity index (χ0n) is 10.9. The van der Waals surface area contributed by atoms with E-state index in [1.54, 1.807) is 11.3 Å². The van der Waals surface area contributed by atoms with Crippen LogP contribution in [0.15, 0.2) is 5.38 Å². The van der Waals surface area contributed by atoms with Gasteiger partial charge in [0.15, 0.2) is 0 Å². The average Bonchev–Trinajstić information content (AvgIpc) is 2.96. The second kappa shape index (κ2) is 5.77. The summed E-state index contributed by atoms with van der Waals surface area (Å²) in [6.07, 6.45) is 0. The molecule has 6 heteroatoms. The molecule has 2 heterocycles. The first-order valence-electron chi connectivity index (χ1n) is 6.09. The van der Waals surface area contributed by atoms with Gasteiger partial charge in [0.2, 0.25) is 5.91 Å². The largest absolute Gasteiger partial charge is 0.379 e. The van der Waals surface area contributed by atoms with Gasteiger partial charge in [0.05, 0.1) is 25.2 Å². The van der Waals surface area contributed by atoms with Crippen LogP contribution in [0.25, 0.3) is 0 Å². The molecule has 3 unspecified atom stereocenters. The predicted molar refractivity (Wildman–Crippen MR) is 70.6 cm³/mol. The van der Waals surface area contributed by atoms with Crippen molar-refractivity contribution >= 4 is 17.2 Å². The Kier molecular flexibility index (Phi) is 4.31. The van der Waals surface area contributed by atoms with E-state index in [9.17, 15) is 4.79 Å². The van der Waals surface area contributed by atoms with E-state index in [0.29, 0.717) is 13.2 Å². The highest BCUT2D eigenvalue weighted by Crippen LogP contribution is 2.19. The number of hydrogen-bond donors (Lipinski definition) is 2. The van der Waals surface area contributed by atoms with Crippen LogP contribution in [0.1, 0.15) is 23.7 Å². The standard InChI is InChI=1S/C12H19N3O2S/c1-7-6-18-12(14-7)8(2)15-11(16)9-4-17-5-10(9)13-3/h6,8-10,13H,4-5H2,1-3H3,(H,15,16). The van der Waals surface area contributed by atoms with E-state index >= 15 is 0 Å². The summed E-state index contributed by atoms with van der Waals surface area (Å²) in [6, 6.07) is 0.0598. The number of carbonyl (C=O) groups is 1. The first kappa shape index (κ1) is 13.5. The first-order valence-corrected chi connectivity index (χ1v) is 6.97. The predicted octanol–water partition coefficient (Wildman–Crippen LogP) is 0.863. The van der Waals surface area contributed by atoms with Crippen LogP contribution in [0.3, 0.4) is 0 Å². The smallest absolute Gasteiger partial charge is 0.227 e. The van der Waals surface area contributed by atoms with E-state index in [2.05, 4.69) is 15.6 Å². The van der Waals surface area contributed by atoms with Crippen molar-refractivity contribution < 1.29 is 9.53 Å². The van der Waals surface area contributed by atoms with Gasteiger partial charge in [-0.25, -0.2) is 4.98 Å². The van der Waals surface area contributed by atoms with Crippen LogP contribution in [0.4, 0.5) is 0 Å². The van der Waals surface area contributed by atoms with Crippen LogP contribution < -0.4 is 10.6 Å². The summed E-state index contributed by atoms with van der Waals surface area (Å²) in [5.74, 6) is -0.0780. The van der Waals surface area contributed by atoms with Crippen LogP contribution in [-0.2, 0) is 9.53 Å². The number of ether oxygens (including phenoxy) is 1. The van der Waals surface area contributed by atoms with Crippen molar-refractivity contribution in [2.75, 3.05) is 20.3 Å². The molecule has 1 aromatic rings. The highest BCUT2D eigenvalue weighted by molar-refractivity contribution is 7.09. The third-order valence-electron chi connectivity index (χ3n) is 3.15. The van der Waals surface area contributed by atoms with Crippen molar-refractivity contribution in [2.45, 2.75) is 25.9 Å². The Hall–Kier alpha value is -0.980. The molecule has 0 saturated carbocycles. The van der Waals surface area contributed by atoms with E-state index in [4.69, 9.17) is 4.74 Å². The Bertz CT molecular complexity index is 421. The average molecular weight is 269 g/mol. The van der Waals surface area contributed by atoms with Crippen LogP contribution in [0.2, 0.25) is 0 Å². The number of amides is 1. The third kappa shape index (κ3) is 2.88. The lowest BCUT2D eigenvalue weighted by Crippen LogP contribution is -2.43. The van der Waals surface area contributed by atoms with Crippen molar-refractivity contribution in [3.8, 4) is 0 Å². The van der Waals surface area contributed by atoms with Gasteiger partial charge in [-0.3, -0.25) is 4.79 Å². The number of aryl methyl sites for hydroxylation is 1. The number of hydrogen-bond acceptors (Lipinski definition) is 5. The van der Waals surface area contributed by atoms with E-state index in [1.807, 2.05) is 26.3 Å². The lowest BCUT2D eigenvalue weighted by molar-refractivity contribution is -0.126. The fourth-order valence-corrected chi connectivity index (χ4v) is 2.85. The molecule has 0 aromatic carbocycles. The van der Waals surface area contributed by atoms with Crippen LogP contribution in [0, 0.1) is 12.8 Å². The van der Waals surface area contributed by atoms with E-state index < -0.39 is 0 Å². The molecule has 2 N–H and O–H groups in total. The maximum atomic E-state index is 12.2. The van der Waals surface area contributed by atoms with Gasteiger partial charge < -0.3 is 15.4 Å². The number of likely N-dealkylation sites (N-methyl/N-ethyl adjacent to an activating group) is 1. The molecule has 0 radical (unpaired) electrons. The quantitative estimate of drug-likeness (QED) is 0.851. The summed E-state index contributed by atoms with van der Waals surface area (Å²) in [5.41, 5.74) is 0.994. The second-order valence-electron chi connectivity index (χ2n) is 4.60. The van der Waals surface area contributed by atoms with Gasteiger partial charge in [0, 0.05) is 17.1 Å². The molecular formula is C12H19N3O2S. The van der Waals surface area contributed by atoms with Gasteiger partial charge in [0.25, 0.3) is 0 Å². The van der Waals surface area contributed by atoms with Crippen LogP contribution >= 0.6 is 11.3 Å². The number of rotatable bonds is 4. The summed E-state index contributed by atoms with van der Waals surface area (Å²) >= 11 is 1.58. The molecule has 0 aliphatic carbocycles. The van der Waals surface area contributed by atoms with Gasteiger partial charge in [0.1, 0.15) is 5.01 Å². The number of carbonyl (C=O) groups excluding carboxylic acids is 1. The normalized spacial score (nSPS) is 25.1. The Morgan fingerprint density at radius 1 is 1.61 bits per heavy atom. The summed E-state index contributed by atoms with van der Waals surface area (Å²) in [4.78, 5) is 16.5. The van der Waals surface area contributed by atoms with E-state index in [-0.39, 0.29) is 23.9 Å². The Labute approximate surface area is 111 Å². The molecule has 1 fully saturated rings. The summed E-state index contributed by atoms with van der Waals surface area (Å²) in [7, 11) is 1.85. The number of nitrogens with one attached hydrogen (secondary N) is 2. The summed E-state index contributed by atoms with van der Waals surface area (Å²) in [6.45, 7) is 5.00. The van der Waals surface area contributed by atoms with Crippen molar-refractivity contribution in [3.05, 3.63) is 16.1 Å². The molecule has 100 valence electrons. The molecule has 1 saturated heterocycles. The summed E-state index contributed by atoms with van der Waals surface area (Å²) in [5, 5.41) is 9.06. The van der Waals surface area contributed by atoms with Gasteiger partial charge in [-0.1, -0.05) is 0 Å². The van der Waals surface area contributed by atoms with Gasteiger partial charge in [-0.15, -0.1) is 11.3 Å². The van der Waals surface area contributed by atoms with Crippen LogP contribution in [-0.4, -0.2) is 37.2 Å². The maximum absolute atomic E-state index is 12.2. The van der Waals surface area contributed by atoms with Crippen molar-refractivity contribution in [1.82, 2.24) is 15.6 Å². The van der Waals surface area contributed by atoms with E-state index in [0.717, 1.165) is 10.7 Å². The zero-order valence-corrected chi connectivity index (χ0v) is 11.7. The topological polar surface area (TPSA) is 63.2 Å². The van der Waals surface area contributed by atoms with Crippen LogP contribution in [0.5, 0.6) is 0 Å². The second-order valence-corrected chi connectivity index (χ2v) is 5.49. The zero-order chi connectivity index (χ0) is 13.1. The van der Waals surface area contributed by atoms with Gasteiger partial charge in [-0.05, 0) is 20.9 Å². The Balaban J connectivity index is 1.94. The molecular weight excluding hydrogens is 250 g/mol. The van der Waals surface area contributed by atoms with E-state index in [1.165, 1.54) is 0 Å². The minimum Gasteiger partial charge on any atom is -0.379 e. The highest BCUT2D eigenvalue weighted by atomic mass is 32.1. The molecule has 1 amide bonds. The number of thiazole rings is 1. The molecule has 18 heavy (non-hydrogen) atoms. The van der Waals surface area contributed by atoms with Crippen molar-refractivity contribution in [3.63, 3.8) is 0 Å². The monoisotopic (exact) mass is 269 g/mol.